The van der Waals surface area contributed by atoms with Crippen molar-refractivity contribution in [1.82, 2.24) is 9.55 Å². The number of fused-ring (bicyclic) bond motifs is 5. The monoisotopic (exact) mass is 397 g/mol. The number of aliphatic hydroxyl groups excluding tert-OH is 1. The second kappa shape index (κ2) is 7.21. The van der Waals surface area contributed by atoms with Crippen LogP contribution >= 0.6 is 0 Å². The largest absolute Gasteiger partial charge is 0.392 e. The summed E-state index contributed by atoms with van der Waals surface area (Å²) in [5.41, 5.74) is 8.56. The van der Waals surface area contributed by atoms with E-state index in [0.717, 1.165) is 37.1 Å². The van der Waals surface area contributed by atoms with Crippen molar-refractivity contribution in [2.75, 3.05) is 6.54 Å². The zero-order chi connectivity index (χ0) is 20.2. The molecular formula is C24H32FN3O. The van der Waals surface area contributed by atoms with E-state index in [2.05, 4.69) is 11.9 Å². The maximum Gasteiger partial charge on any atom is 0.129 e. The lowest BCUT2D eigenvalue weighted by atomic mass is 9.55. The lowest BCUT2D eigenvalue weighted by molar-refractivity contribution is -0.0725. The molecule has 0 spiro atoms. The lowest BCUT2D eigenvalue weighted by Crippen LogP contribution is -2.47. The second-order valence-electron chi connectivity index (χ2n) is 9.71. The fourth-order valence-corrected chi connectivity index (χ4v) is 6.84. The van der Waals surface area contributed by atoms with E-state index in [1.54, 1.807) is 18.6 Å². The highest BCUT2D eigenvalue weighted by Crippen LogP contribution is 2.55. The van der Waals surface area contributed by atoms with E-state index in [-0.39, 0.29) is 17.3 Å². The van der Waals surface area contributed by atoms with Crippen molar-refractivity contribution < 1.29 is 9.50 Å². The number of halogens is 1. The fourth-order valence-electron chi connectivity index (χ4n) is 6.84. The van der Waals surface area contributed by atoms with Gasteiger partial charge in [0, 0.05) is 11.1 Å². The summed E-state index contributed by atoms with van der Waals surface area (Å²) in [6.07, 6.45) is 10.5. The molecular weight excluding hydrogens is 365 g/mol. The Kier molecular flexibility index (Phi) is 4.78. The highest BCUT2D eigenvalue weighted by atomic mass is 19.1. The summed E-state index contributed by atoms with van der Waals surface area (Å²) in [6.45, 7) is 2.97. The van der Waals surface area contributed by atoms with Gasteiger partial charge >= 0.3 is 0 Å². The summed E-state index contributed by atoms with van der Waals surface area (Å²) in [6, 6.07) is 5.07. The first-order valence-electron chi connectivity index (χ1n) is 11.2. The quantitative estimate of drug-likeness (QED) is 0.779. The first-order chi connectivity index (χ1) is 14.1. The molecule has 5 rings (SSSR count). The summed E-state index contributed by atoms with van der Waals surface area (Å²) >= 11 is 0. The minimum atomic E-state index is -0.458. The molecule has 156 valence electrons. The molecule has 2 heterocycles. The molecule has 6 atom stereocenters. The third kappa shape index (κ3) is 2.97. The zero-order valence-corrected chi connectivity index (χ0v) is 17.2. The minimum absolute atomic E-state index is 0.0871. The Morgan fingerprint density at radius 1 is 1.34 bits per heavy atom. The number of aromatic nitrogens is 2. The Labute approximate surface area is 172 Å². The van der Waals surface area contributed by atoms with E-state index in [1.165, 1.54) is 25.3 Å². The predicted molar refractivity (Wildman–Crippen MR) is 112 cm³/mol. The number of hydrogen-bond acceptors (Lipinski definition) is 3. The van der Waals surface area contributed by atoms with Gasteiger partial charge < -0.3 is 15.4 Å². The SMILES string of the molecule is CCC1(C(O)CC2c3c(F)cccc3-c3cncn32)CC2CCC(CN)C(C2)C1. The summed E-state index contributed by atoms with van der Waals surface area (Å²) in [5.74, 6) is 1.73. The molecule has 0 amide bonds. The highest BCUT2D eigenvalue weighted by Gasteiger charge is 2.48. The molecule has 2 saturated carbocycles. The van der Waals surface area contributed by atoms with Gasteiger partial charge in [-0.2, -0.15) is 0 Å². The maximum atomic E-state index is 14.8. The van der Waals surface area contributed by atoms with Gasteiger partial charge in [-0.15, -0.1) is 0 Å². The number of hydrogen-bond donors (Lipinski definition) is 2. The predicted octanol–water partition coefficient (Wildman–Crippen LogP) is 4.52. The minimum Gasteiger partial charge on any atom is -0.392 e. The van der Waals surface area contributed by atoms with Gasteiger partial charge in [0.25, 0.3) is 0 Å². The molecule has 2 bridgehead atoms. The van der Waals surface area contributed by atoms with Gasteiger partial charge in [-0.1, -0.05) is 25.5 Å². The van der Waals surface area contributed by atoms with Gasteiger partial charge in [0.05, 0.1) is 30.4 Å². The summed E-state index contributed by atoms with van der Waals surface area (Å²) in [4.78, 5) is 4.29. The van der Waals surface area contributed by atoms with Crippen LogP contribution in [0.3, 0.4) is 0 Å². The molecule has 1 aromatic carbocycles. The van der Waals surface area contributed by atoms with Crippen molar-refractivity contribution in [3.05, 3.63) is 42.1 Å². The van der Waals surface area contributed by atoms with E-state index in [4.69, 9.17) is 5.73 Å². The van der Waals surface area contributed by atoms with Crippen molar-refractivity contribution in [3.8, 4) is 11.3 Å². The van der Waals surface area contributed by atoms with Crippen LogP contribution in [0.5, 0.6) is 0 Å². The summed E-state index contributed by atoms with van der Waals surface area (Å²) in [5, 5.41) is 11.6. The first kappa shape index (κ1) is 19.3. The summed E-state index contributed by atoms with van der Waals surface area (Å²) in [7, 11) is 0. The third-order valence-electron chi connectivity index (χ3n) is 8.44. The van der Waals surface area contributed by atoms with Crippen molar-refractivity contribution >= 4 is 0 Å². The number of rotatable bonds is 5. The molecule has 5 heteroatoms. The Bertz CT molecular complexity index is 896. The standard InChI is InChI=1S/C24H32FN3O/c1-2-24(10-15-6-7-16(12-26)17(8-15)11-24)22(29)9-20-23-18(4-3-5-19(23)25)21-13-27-14-28(20)21/h3-5,13-17,20,22,29H,2,6-12,26H2,1H3. The van der Waals surface area contributed by atoms with Gasteiger partial charge in [-0.25, -0.2) is 9.37 Å². The van der Waals surface area contributed by atoms with Crippen molar-refractivity contribution in [3.63, 3.8) is 0 Å². The van der Waals surface area contributed by atoms with Crippen molar-refractivity contribution in [2.45, 2.75) is 64.0 Å². The molecule has 3 N–H and O–H groups in total. The fraction of sp³-hybridized carbons (Fsp3) is 0.625. The molecule has 3 aliphatic rings. The normalized spacial score (nSPS) is 33.9. The average molecular weight is 398 g/mol. The molecule has 1 aromatic heterocycles. The molecule has 2 aromatic rings. The van der Waals surface area contributed by atoms with Crippen LogP contribution in [0.25, 0.3) is 11.3 Å². The molecule has 2 aliphatic carbocycles. The number of nitrogens with zero attached hydrogens (tertiary/aromatic N) is 2. The van der Waals surface area contributed by atoms with Crippen LogP contribution in [-0.4, -0.2) is 27.3 Å². The Morgan fingerprint density at radius 2 is 2.21 bits per heavy atom. The van der Waals surface area contributed by atoms with Gasteiger partial charge in [0.1, 0.15) is 5.82 Å². The van der Waals surface area contributed by atoms with Crippen LogP contribution in [0.15, 0.2) is 30.7 Å². The molecule has 0 saturated heterocycles. The van der Waals surface area contributed by atoms with Crippen LogP contribution in [-0.2, 0) is 0 Å². The first-order valence-corrected chi connectivity index (χ1v) is 11.2. The molecule has 6 unspecified atom stereocenters. The van der Waals surface area contributed by atoms with E-state index >= 15 is 0 Å². The van der Waals surface area contributed by atoms with Crippen LogP contribution in [0.4, 0.5) is 4.39 Å². The van der Waals surface area contributed by atoms with E-state index in [1.807, 2.05) is 10.6 Å². The van der Waals surface area contributed by atoms with Gasteiger partial charge in [-0.05, 0) is 74.3 Å². The molecule has 29 heavy (non-hydrogen) atoms. The topological polar surface area (TPSA) is 64.1 Å². The van der Waals surface area contributed by atoms with E-state index in [0.29, 0.717) is 29.7 Å². The smallest absolute Gasteiger partial charge is 0.129 e. The van der Waals surface area contributed by atoms with Gasteiger partial charge in [-0.3, -0.25) is 0 Å². The Hall–Kier alpha value is -1.72. The number of benzene rings is 1. The number of aliphatic hydroxyl groups is 1. The van der Waals surface area contributed by atoms with Crippen LogP contribution < -0.4 is 5.73 Å². The zero-order valence-electron chi connectivity index (χ0n) is 17.2. The molecule has 2 fully saturated rings. The second-order valence-corrected chi connectivity index (χ2v) is 9.71. The van der Waals surface area contributed by atoms with Crippen LogP contribution in [0.2, 0.25) is 0 Å². The van der Waals surface area contributed by atoms with Crippen LogP contribution in [0, 0.1) is 29.0 Å². The number of nitrogens with two attached hydrogens (primary N) is 1. The van der Waals surface area contributed by atoms with Crippen molar-refractivity contribution in [2.24, 2.45) is 28.9 Å². The Morgan fingerprint density at radius 3 is 3.00 bits per heavy atom. The van der Waals surface area contributed by atoms with Crippen LogP contribution in [0.1, 0.15) is 63.5 Å². The van der Waals surface area contributed by atoms with E-state index in [9.17, 15) is 9.50 Å². The maximum absolute atomic E-state index is 14.8. The lowest BCUT2D eigenvalue weighted by Gasteiger charge is -2.52. The highest BCUT2D eigenvalue weighted by molar-refractivity contribution is 5.69. The third-order valence-corrected chi connectivity index (χ3v) is 8.44. The molecule has 1 aliphatic heterocycles. The Balaban J connectivity index is 1.45. The van der Waals surface area contributed by atoms with Gasteiger partial charge in [0.15, 0.2) is 0 Å². The van der Waals surface area contributed by atoms with Crippen molar-refractivity contribution in [1.29, 1.82) is 0 Å². The molecule has 4 nitrogen and oxygen atoms in total. The summed E-state index contributed by atoms with van der Waals surface area (Å²) < 4.78 is 16.9. The van der Waals surface area contributed by atoms with Gasteiger partial charge in [0.2, 0.25) is 0 Å². The van der Waals surface area contributed by atoms with E-state index < -0.39 is 6.10 Å². The molecule has 0 radical (unpaired) electrons. The number of imidazole rings is 1. The average Bonchev–Trinajstić information content (AvgIpc) is 3.31.